The summed E-state index contributed by atoms with van der Waals surface area (Å²) >= 11 is 3.37. The van der Waals surface area contributed by atoms with Gasteiger partial charge in [0.1, 0.15) is 5.75 Å². The SMILES string of the molecule is C=CCNC(=O)/C=C/c1cc(Br)ccc1OC. The Balaban J connectivity index is 2.79. The number of rotatable bonds is 5. The van der Waals surface area contributed by atoms with Crippen LogP contribution in [-0.4, -0.2) is 19.6 Å². The van der Waals surface area contributed by atoms with E-state index in [0.717, 1.165) is 15.8 Å². The van der Waals surface area contributed by atoms with E-state index in [4.69, 9.17) is 4.74 Å². The molecule has 0 saturated carbocycles. The minimum absolute atomic E-state index is 0.160. The number of hydrogen-bond donors (Lipinski definition) is 1. The van der Waals surface area contributed by atoms with Gasteiger partial charge in [-0.05, 0) is 24.3 Å². The Morgan fingerprint density at radius 2 is 2.35 bits per heavy atom. The van der Waals surface area contributed by atoms with E-state index in [1.165, 1.54) is 6.08 Å². The van der Waals surface area contributed by atoms with Crippen LogP contribution in [0.5, 0.6) is 5.75 Å². The Morgan fingerprint density at radius 3 is 3.00 bits per heavy atom. The highest BCUT2D eigenvalue weighted by atomic mass is 79.9. The van der Waals surface area contributed by atoms with Crippen LogP contribution < -0.4 is 10.1 Å². The average Bonchev–Trinajstić information content (AvgIpc) is 2.34. The summed E-state index contributed by atoms with van der Waals surface area (Å²) in [6.07, 6.45) is 4.81. The van der Waals surface area contributed by atoms with Crippen molar-refractivity contribution < 1.29 is 9.53 Å². The van der Waals surface area contributed by atoms with Gasteiger partial charge in [-0.15, -0.1) is 6.58 Å². The number of methoxy groups -OCH3 is 1. The largest absolute Gasteiger partial charge is 0.496 e. The second-order valence-corrected chi connectivity index (χ2v) is 4.17. The lowest BCUT2D eigenvalue weighted by molar-refractivity contribution is -0.116. The average molecular weight is 296 g/mol. The Labute approximate surface area is 109 Å². The highest BCUT2D eigenvalue weighted by molar-refractivity contribution is 9.10. The fourth-order valence-corrected chi connectivity index (χ4v) is 1.61. The van der Waals surface area contributed by atoms with Gasteiger partial charge in [0.05, 0.1) is 7.11 Å². The standard InChI is InChI=1S/C13H14BrNO2/c1-3-8-15-13(16)7-4-10-9-11(14)5-6-12(10)17-2/h3-7,9H,1,8H2,2H3,(H,15,16)/b7-4+. The van der Waals surface area contributed by atoms with Gasteiger partial charge in [0, 0.05) is 22.7 Å². The van der Waals surface area contributed by atoms with Gasteiger partial charge >= 0.3 is 0 Å². The van der Waals surface area contributed by atoms with Crippen molar-refractivity contribution >= 4 is 27.9 Å². The fourth-order valence-electron chi connectivity index (χ4n) is 1.23. The Bertz CT molecular complexity index is 441. The Hall–Kier alpha value is -1.55. The van der Waals surface area contributed by atoms with Crippen molar-refractivity contribution in [1.82, 2.24) is 5.32 Å². The zero-order valence-electron chi connectivity index (χ0n) is 9.57. The van der Waals surface area contributed by atoms with Crippen LogP contribution in [0.3, 0.4) is 0 Å². The van der Waals surface area contributed by atoms with E-state index < -0.39 is 0 Å². The molecule has 1 amide bonds. The third kappa shape index (κ3) is 4.44. The smallest absolute Gasteiger partial charge is 0.244 e. The molecule has 0 radical (unpaired) electrons. The molecule has 1 N–H and O–H groups in total. The van der Waals surface area contributed by atoms with Crippen LogP contribution in [0.25, 0.3) is 6.08 Å². The monoisotopic (exact) mass is 295 g/mol. The van der Waals surface area contributed by atoms with Crippen molar-refractivity contribution in [3.05, 3.63) is 47.0 Å². The molecule has 0 bridgehead atoms. The van der Waals surface area contributed by atoms with E-state index in [0.29, 0.717) is 6.54 Å². The zero-order valence-corrected chi connectivity index (χ0v) is 11.2. The Morgan fingerprint density at radius 1 is 1.59 bits per heavy atom. The molecule has 0 atom stereocenters. The third-order valence-electron chi connectivity index (χ3n) is 2.03. The van der Waals surface area contributed by atoms with E-state index in [-0.39, 0.29) is 5.91 Å². The summed E-state index contributed by atoms with van der Waals surface area (Å²) in [6, 6.07) is 5.61. The predicted octanol–water partition coefficient (Wildman–Crippen LogP) is 2.77. The lowest BCUT2D eigenvalue weighted by Gasteiger charge is -2.04. The van der Waals surface area contributed by atoms with Crippen LogP contribution in [0.1, 0.15) is 5.56 Å². The molecule has 0 aliphatic carbocycles. The van der Waals surface area contributed by atoms with Crippen molar-refractivity contribution in [2.75, 3.05) is 13.7 Å². The van der Waals surface area contributed by atoms with Crippen LogP contribution in [-0.2, 0) is 4.79 Å². The topological polar surface area (TPSA) is 38.3 Å². The quantitative estimate of drug-likeness (QED) is 0.670. The number of carbonyl (C=O) groups is 1. The van der Waals surface area contributed by atoms with Crippen molar-refractivity contribution in [3.63, 3.8) is 0 Å². The number of hydrogen-bond acceptors (Lipinski definition) is 2. The number of benzene rings is 1. The lowest BCUT2D eigenvalue weighted by atomic mass is 10.2. The second-order valence-electron chi connectivity index (χ2n) is 3.25. The van der Waals surface area contributed by atoms with Crippen LogP contribution in [0.4, 0.5) is 0 Å². The maximum atomic E-state index is 11.4. The molecule has 1 aromatic carbocycles. The molecule has 1 rings (SSSR count). The first-order chi connectivity index (χ1) is 8.17. The van der Waals surface area contributed by atoms with E-state index in [1.54, 1.807) is 19.3 Å². The van der Waals surface area contributed by atoms with Gasteiger partial charge in [-0.3, -0.25) is 4.79 Å². The molecule has 1 aromatic rings. The summed E-state index contributed by atoms with van der Waals surface area (Å²) in [5, 5.41) is 2.66. The normalized spacial score (nSPS) is 10.2. The molecule has 0 fully saturated rings. The van der Waals surface area contributed by atoms with E-state index in [9.17, 15) is 4.79 Å². The first kappa shape index (κ1) is 13.5. The summed E-state index contributed by atoms with van der Waals surface area (Å²) in [4.78, 5) is 11.4. The minimum Gasteiger partial charge on any atom is -0.496 e. The van der Waals surface area contributed by atoms with Gasteiger partial charge in [-0.25, -0.2) is 0 Å². The number of carbonyl (C=O) groups excluding carboxylic acids is 1. The molecule has 0 saturated heterocycles. The van der Waals surface area contributed by atoms with Crippen LogP contribution in [0.15, 0.2) is 41.4 Å². The molecular weight excluding hydrogens is 282 g/mol. The van der Waals surface area contributed by atoms with Crippen LogP contribution in [0.2, 0.25) is 0 Å². The van der Waals surface area contributed by atoms with E-state index >= 15 is 0 Å². The highest BCUT2D eigenvalue weighted by Crippen LogP contribution is 2.23. The lowest BCUT2D eigenvalue weighted by Crippen LogP contribution is -2.20. The molecule has 0 spiro atoms. The number of ether oxygens (including phenoxy) is 1. The number of halogens is 1. The molecule has 4 heteroatoms. The molecule has 3 nitrogen and oxygen atoms in total. The summed E-state index contributed by atoms with van der Waals surface area (Å²) in [5.74, 6) is 0.563. The van der Waals surface area contributed by atoms with Gasteiger partial charge in [0.25, 0.3) is 0 Å². The predicted molar refractivity (Wildman–Crippen MR) is 72.9 cm³/mol. The highest BCUT2D eigenvalue weighted by Gasteiger charge is 2.00. The molecule has 0 heterocycles. The van der Waals surface area contributed by atoms with Gasteiger partial charge < -0.3 is 10.1 Å². The third-order valence-corrected chi connectivity index (χ3v) is 2.52. The van der Waals surface area contributed by atoms with Gasteiger partial charge in [0.2, 0.25) is 5.91 Å². The van der Waals surface area contributed by atoms with Gasteiger partial charge in [-0.1, -0.05) is 22.0 Å². The second kappa shape index (κ2) is 6.91. The molecule has 0 unspecified atom stereocenters. The minimum atomic E-state index is -0.160. The van der Waals surface area contributed by atoms with Crippen molar-refractivity contribution in [1.29, 1.82) is 0 Å². The summed E-state index contributed by atoms with van der Waals surface area (Å²) in [7, 11) is 1.60. The molecule has 90 valence electrons. The molecule has 0 aliphatic rings. The Kier molecular flexibility index (Phi) is 5.49. The van der Waals surface area contributed by atoms with E-state index in [2.05, 4.69) is 27.8 Å². The first-order valence-corrected chi connectivity index (χ1v) is 5.87. The molecule has 0 aromatic heterocycles. The van der Waals surface area contributed by atoms with Gasteiger partial charge in [-0.2, -0.15) is 0 Å². The van der Waals surface area contributed by atoms with Crippen LogP contribution >= 0.6 is 15.9 Å². The molecule has 17 heavy (non-hydrogen) atoms. The van der Waals surface area contributed by atoms with Gasteiger partial charge in [0.15, 0.2) is 0 Å². The molecular formula is C13H14BrNO2. The first-order valence-electron chi connectivity index (χ1n) is 5.07. The fraction of sp³-hybridized carbons (Fsp3) is 0.154. The van der Waals surface area contributed by atoms with Crippen molar-refractivity contribution in [3.8, 4) is 5.75 Å². The number of amides is 1. The summed E-state index contributed by atoms with van der Waals surface area (Å²) in [5.41, 5.74) is 0.843. The maximum absolute atomic E-state index is 11.4. The van der Waals surface area contributed by atoms with Crippen molar-refractivity contribution in [2.45, 2.75) is 0 Å². The van der Waals surface area contributed by atoms with E-state index in [1.807, 2.05) is 18.2 Å². The maximum Gasteiger partial charge on any atom is 0.244 e. The van der Waals surface area contributed by atoms with Crippen LogP contribution in [0, 0.1) is 0 Å². The number of nitrogens with one attached hydrogen (secondary N) is 1. The molecule has 0 aliphatic heterocycles. The van der Waals surface area contributed by atoms with Crippen molar-refractivity contribution in [2.24, 2.45) is 0 Å². The summed E-state index contributed by atoms with van der Waals surface area (Å²) in [6.45, 7) is 3.98. The zero-order chi connectivity index (χ0) is 12.7. The summed E-state index contributed by atoms with van der Waals surface area (Å²) < 4.78 is 6.13.